The number of hydrogen-bond donors (Lipinski definition) is 2. The molecule has 1 aromatic heterocycles. The van der Waals surface area contributed by atoms with Crippen molar-refractivity contribution >= 4 is 32.8 Å². The summed E-state index contributed by atoms with van der Waals surface area (Å²) in [5.74, 6) is -0.952. The third-order valence-corrected chi connectivity index (χ3v) is 8.85. The Morgan fingerprint density at radius 2 is 1.82 bits per heavy atom. The van der Waals surface area contributed by atoms with Crippen molar-refractivity contribution in [1.29, 1.82) is 0 Å². The number of fused-ring (bicyclic) bond motifs is 1. The van der Waals surface area contributed by atoms with Crippen LogP contribution in [0.5, 0.6) is 5.75 Å². The number of benzene rings is 3. The molecule has 4 aromatic rings. The van der Waals surface area contributed by atoms with Gasteiger partial charge < -0.3 is 14.3 Å². The van der Waals surface area contributed by atoms with Gasteiger partial charge in [0.15, 0.2) is 5.58 Å². The highest BCUT2D eigenvalue weighted by Gasteiger charge is 2.23. The SMILES string of the molecule is CCC1CCC(c2ccc(-c3nc4cc(S(=O)(=O)Nc5cc(F)c(C(=O)O)cc5OC)ccc4o3)cc2)CC1. The van der Waals surface area contributed by atoms with Gasteiger partial charge in [0.1, 0.15) is 17.1 Å². The second-order valence-electron chi connectivity index (χ2n) is 9.84. The topological polar surface area (TPSA) is 119 Å². The van der Waals surface area contributed by atoms with Crippen LogP contribution >= 0.6 is 0 Å². The van der Waals surface area contributed by atoms with Crippen molar-refractivity contribution in [2.45, 2.75) is 49.8 Å². The van der Waals surface area contributed by atoms with E-state index in [-0.39, 0.29) is 16.3 Å². The third kappa shape index (κ3) is 5.47. The molecule has 0 saturated heterocycles. The van der Waals surface area contributed by atoms with E-state index in [0.717, 1.165) is 23.6 Å². The molecule has 204 valence electrons. The van der Waals surface area contributed by atoms with Gasteiger partial charge in [0.05, 0.1) is 23.3 Å². The predicted molar refractivity (Wildman–Crippen MR) is 145 cm³/mol. The lowest BCUT2D eigenvalue weighted by atomic mass is 9.78. The molecule has 39 heavy (non-hydrogen) atoms. The molecule has 1 aliphatic rings. The van der Waals surface area contributed by atoms with Gasteiger partial charge in [0.25, 0.3) is 10.0 Å². The van der Waals surface area contributed by atoms with Crippen LogP contribution in [0.25, 0.3) is 22.6 Å². The van der Waals surface area contributed by atoms with Gasteiger partial charge in [0.2, 0.25) is 5.89 Å². The molecule has 1 heterocycles. The predicted octanol–water partition coefficient (Wildman–Crippen LogP) is 6.83. The highest BCUT2D eigenvalue weighted by Crippen LogP contribution is 2.38. The van der Waals surface area contributed by atoms with Crippen LogP contribution in [-0.2, 0) is 10.0 Å². The van der Waals surface area contributed by atoms with E-state index in [2.05, 4.69) is 28.8 Å². The van der Waals surface area contributed by atoms with E-state index in [1.807, 2.05) is 12.1 Å². The molecule has 0 unspecified atom stereocenters. The maximum atomic E-state index is 14.2. The fourth-order valence-electron chi connectivity index (χ4n) is 5.17. The number of aromatic carboxylic acids is 1. The van der Waals surface area contributed by atoms with Crippen molar-refractivity contribution in [1.82, 2.24) is 4.98 Å². The first kappa shape index (κ1) is 26.7. The summed E-state index contributed by atoms with van der Waals surface area (Å²) < 4.78 is 53.6. The van der Waals surface area contributed by atoms with Crippen LogP contribution in [0.3, 0.4) is 0 Å². The first-order chi connectivity index (χ1) is 18.7. The number of methoxy groups -OCH3 is 1. The molecule has 0 atom stereocenters. The Bertz CT molecular complexity index is 1620. The maximum absolute atomic E-state index is 14.2. The fourth-order valence-corrected chi connectivity index (χ4v) is 6.25. The van der Waals surface area contributed by atoms with Crippen molar-refractivity contribution in [3.05, 3.63) is 71.5 Å². The fraction of sp³-hybridized carbons (Fsp3) is 0.310. The van der Waals surface area contributed by atoms with Crippen molar-refractivity contribution in [3.8, 4) is 17.2 Å². The summed E-state index contributed by atoms with van der Waals surface area (Å²) >= 11 is 0. The molecule has 1 aliphatic carbocycles. The summed E-state index contributed by atoms with van der Waals surface area (Å²) in [7, 11) is -2.97. The summed E-state index contributed by atoms with van der Waals surface area (Å²) in [4.78, 5) is 15.6. The Morgan fingerprint density at radius 3 is 2.46 bits per heavy atom. The van der Waals surface area contributed by atoms with Crippen LogP contribution < -0.4 is 9.46 Å². The standard InChI is InChI=1S/C29H29FN2O6S/c1-3-17-4-6-18(7-5-17)19-8-10-20(11-9-19)28-31-24-14-21(12-13-26(24)38-28)39(35,36)32-25-16-23(30)22(29(33)34)15-27(25)37-2/h8-18,32H,3-7H2,1-2H3,(H,33,34). The first-order valence-corrected chi connectivity index (χ1v) is 14.3. The Hall–Kier alpha value is -3.92. The molecule has 0 amide bonds. The number of carboxylic acid groups (broad SMARTS) is 1. The van der Waals surface area contributed by atoms with Crippen LogP contribution in [0.15, 0.2) is 63.9 Å². The van der Waals surface area contributed by atoms with E-state index >= 15 is 0 Å². The number of halogens is 1. The smallest absolute Gasteiger partial charge is 0.338 e. The molecular formula is C29H29FN2O6S. The molecule has 0 radical (unpaired) electrons. The number of carbonyl (C=O) groups is 1. The molecule has 0 aliphatic heterocycles. The zero-order valence-corrected chi connectivity index (χ0v) is 22.4. The Labute approximate surface area is 225 Å². The van der Waals surface area contributed by atoms with Gasteiger partial charge in [0, 0.05) is 11.6 Å². The number of nitrogens with zero attached hydrogens (tertiary/aromatic N) is 1. The highest BCUT2D eigenvalue weighted by atomic mass is 32.2. The molecule has 8 nitrogen and oxygen atoms in total. The van der Waals surface area contributed by atoms with Crippen molar-refractivity contribution < 1.29 is 31.9 Å². The van der Waals surface area contributed by atoms with Gasteiger partial charge in [-0.25, -0.2) is 22.6 Å². The number of hydrogen-bond acceptors (Lipinski definition) is 6. The van der Waals surface area contributed by atoms with Crippen LogP contribution in [0.1, 0.15) is 60.9 Å². The lowest BCUT2D eigenvalue weighted by Gasteiger charge is -2.28. The largest absolute Gasteiger partial charge is 0.495 e. The number of ether oxygens (including phenoxy) is 1. The van der Waals surface area contributed by atoms with Crippen LogP contribution in [0.2, 0.25) is 0 Å². The minimum Gasteiger partial charge on any atom is -0.495 e. The molecule has 2 N–H and O–H groups in total. The maximum Gasteiger partial charge on any atom is 0.338 e. The highest BCUT2D eigenvalue weighted by molar-refractivity contribution is 7.92. The summed E-state index contributed by atoms with van der Waals surface area (Å²) in [6, 6.07) is 14.1. The Morgan fingerprint density at radius 1 is 1.10 bits per heavy atom. The molecule has 0 spiro atoms. The van der Waals surface area contributed by atoms with E-state index in [0.29, 0.717) is 22.9 Å². The molecule has 3 aromatic carbocycles. The average Bonchev–Trinajstić information content (AvgIpc) is 3.37. The Kier molecular flexibility index (Phi) is 7.31. The van der Waals surface area contributed by atoms with Gasteiger partial charge in [-0.15, -0.1) is 0 Å². The number of carboxylic acids is 1. The second-order valence-corrected chi connectivity index (χ2v) is 11.5. The normalized spacial score (nSPS) is 17.7. The molecule has 10 heteroatoms. The zero-order valence-electron chi connectivity index (χ0n) is 21.6. The van der Waals surface area contributed by atoms with Gasteiger partial charge in [-0.05, 0) is 79.5 Å². The summed E-state index contributed by atoms with van der Waals surface area (Å²) in [5, 5.41) is 9.11. The molecule has 1 fully saturated rings. The lowest BCUT2D eigenvalue weighted by molar-refractivity contribution is 0.0691. The van der Waals surface area contributed by atoms with Crippen molar-refractivity contribution in [3.63, 3.8) is 0 Å². The first-order valence-electron chi connectivity index (χ1n) is 12.8. The van der Waals surface area contributed by atoms with E-state index in [4.69, 9.17) is 14.3 Å². The molecule has 1 saturated carbocycles. The summed E-state index contributed by atoms with van der Waals surface area (Å²) in [6.45, 7) is 2.26. The average molecular weight is 553 g/mol. The van der Waals surface area contributed by atoms with Crippen molar-refractivity contribution in [2.24, 2.45) is 5.92 Å². The van der Waals surface area contributed by atoms with Gasteiger partial charge in [-0.3, -0.25) is 4.72 Å². The summed E-state index contributed by atoms with van der Waals surface area (Å²) in [6.07, 6.45) is 6.19. The van der Waals surface area contributed by atoms with E-state index in [1.165, 1.54) is 63.0 Å². The number of anilines is 1. The van der Waals surface area contributed by atoms with E-state index in [9.17, 15) is 17.6 Å². The quantitative estimate of drug-likeness (QED) is 0.246. The molecule has 5 rings (SSSR count). The molecular weight excluding hydrogens is 523 g/mol. The van der Waals surface area contributed by atoms with E-state index < -0.39 is 27.4 Å². The minimum absolute atomic E-state index is 0.127. The molecule has 0 bridgehead atoms. The number of rotatable bonds is 8. The van der Waals surface area contributed by atoms with Crippen molar-refractivity contribution in [2.75, 3.05) is 11.8 Å². The van der Waals surface area contributed by atoms with Gasteiger partial charge in [-0.2, -0.15) is 0 Å². The number of oxazole rings is 1. The van der Waals surface area contributed by atoms with Gasteiger partial charge >= 0.3 is 5.97 Å². The second kappa shape index (κ2) is 10.7. The lowest BCUT2D eigenvalue weighted by Crippen LogP contribution is -2.14. The zero-order chi connectivity index (χ0) is 27.7. The van der Waals surface area contributed by atoms with Crippen LogP contribution in [0, 0.1) is 11.7 Å². The number of nitrogens with one attached hydrogen (secondary N) is 1. The minimum atomic E-state index is -4.19. The third-order valence-electron chi connectivity index (χ3n) is 7.49. The number of sulfonamides is 1. The monoisotopic (exact) mass is 552 g/mol. The van der Waals surface area contributed by atoms with Crippen LogP contribution in [0.4, 0.5) is 10.1 Å². The van der Waals surface area contributed by atoms with E-state index in [1.54, 1.807) is 0 Å². The Balaban J connectivity index is 1.37. The van der Waals surface area contributed by atoms with Crippen LogP contribution in [-0.4, -0.2) is 31.6 Å². The summed E-state index contributed by atoms with van der Waals surface area (Å²) in [5.41, 5.74) is 1.99. The van der Waals surface area contributed by atoms with Gasteiger partial charge in [-0.1, -0.05) is 25.5 Å². The number of aromatic nitrogens is 1.